The van der Waals surface area contributed by atoms with Gasteiger partial charge in [-0.1, -0.05) is 0 Å². The fourth-order valence-corrected chi connectivity index (χ4v) is 0. The zero-order valence-corrected chi connectivity index (χ0v) is 5.76. The SMILES string of the molecule is O[Si](O)(O)O.[Au]. The van der Waals surface area contributed by atoms with E-state index < -0.39 is 9.05 Å². The van der Waals surface area contributed by atoms with Gasteiger partial charge in [-0.15, -0.1) is 0 Å². The Bertz CT molecular complexity index is 23.0. The molecule has 0 saturated carbocycles. The Labute approximate surface area is 51.1 Å². The van der Waals surface area contributed by atoms with Crippen molar-refractivity contribution >= 4 is 9.05 Å². The summed E-state index contributed by atoms with van der Waals surface area (Å²) in [5.74, 6) is 0. The van der Waals surface area contributed by atoms with Gasteiger partial charge in [-0.3, -0.25) is 0 Å². The van der Waals surface area contributed by atoms with Gasteiger partial charge in [0.1, 0.15) is 0 Å². The van der Waals surface area contributed by atoms with Crippen LogP contribution in [0.15, 0.2) is 0 Å². The zero-order chi connectivity index (χ0) is 4.50. The van der Waals surface area contributed by atoms with Crippen LogP contribution in [0.1, 0.15) is 0 Å². The molecule has 4 N–H and O–H groups in total. The van der Waals surface area contributed by atoms with E-state index in [1.807, 2.05) is 0 Å². The Hall–Kier alpha value is 0.797. The van der Waals surface area contributed by atoms with Gasteiger partial charge in [-0.25, -0.2) is 0 Å². The van der Waals surface area contributed by atoms with E-state index in [0.717, 1.165) is 0 Å². The smallest absolute Gasteiger partial charge is 0.368 e. The van der Waals surface area contributed by atoms with E-state index in [0.29, 0.717) is 0 Å². The van der Waals surface area contributed by atoms with Crippen LogP contribution in [0.2, 0.25) is 0 Å². The molecule has 0 fully saturated rings. The molecule has 0 aromatic carbocycles. The summed E-state index contributed by atoms with van der Waals surface area (Å²) in [5.41, 5.74) is 0. The Morgan fingerprint density at radius 3 is 0.833 bits per heavy atom. The molecule has 6 heteroatoms. The normalized spacial score (nSPS) is 10.0. The second-order valence-electron chi connectivity index (χ2n) is 0.600. The minimum Gasteiger partial charge on any atom is -0.368 e. The van der Waals surface area contributed by atoms with Crippen molar-refractivity contribution in [3.05, 3.63) is 0 Å². The average Bonchev–Trinajstić information content (AvgIpc) is 0.722. The topological polar surface area (TPSA) is 80.9 Å². The van der Waals surface area contributed by atoms with Gasteiger partial charge in [-0.2, -0.15) is 0 Å². The summed E-state index contributed by atoms with van der Waals surface area (Å²) in [7, 11) is -4.61. The van der Waals surface area contributed by atoms with E-state index >= 15 is 0 Å². The molecular weight excluding hydrogens is 289 g/mol. The maximum absolute atomic E-state index is 7.33. The maximum Gasteiger partial charge on any atom is 0.668 e. The van der Waals surface area contributed by atoms with Crippen molar-refractivity contribution in [3.63, 3.8) is 0 Å². The van der Waals surface area contributed by atoms with E-state index in [1.165, 1.54) is 0 Å². The van der Waals surface area contributed by atoms with Crippen LogP contribution in [0.5, 0.6) is 0 Å². The predicted molar refractivity (Wildman–Crippen MR) is 14.6 cm³/mol. The minimum absolute atomic E-state index is 0. The molecule has 6 heavy (non-hydrogen) atoms. The van der Waals surface area contributed by atoms with Gasteiger partial charge < -0.3 is 19.2 Å². The predicted octanol–water partition coefficient (Wildman–Crippen LogP) is -2.61. The van der Waals surface area contributed by atoms with Crippen LogP contribution in [0.25, 0.3) is 0 Å². The first-order chi connectivity index (χ1) is 2.00. The molecule has 4 nitrogen and oxygen atoms in total. The monoisotopic (exact) mass is 293 g/mol. The van der Waals surface area contributed by atoms with Gasteiger partial charge in [0.05, 0.1) is 0 Å². The first-order valence-corrected chi connectivity index (χ1v) is 2.68. The van der Waals surface area contributed by atoms with Crippen LogP contribution < -0.4 is 0 Å². The quantitative estimate of drug-likeness (QED) is 0.369. The summed E-state index contributed by atoms with van der Waals surface area (Å²) in [4.78, 5) is 29.3. The third kappa shape index (κ3) is 109. The van der Waals surface area contributed by atoms with Crippen molar-refractivity contribution in [1.29, 1.82) is 0 Å². The van der Waals surface area contributed by atoms with Gasteiger partial charge >= 0.3 is 9.05 Å². The molecule has 0 aromatic heterocycles. The fraction of sp³-hybridized carbons (Fsp3) is 0. The zero-order valence-electron chi connectivity index (χ0n) is 2.59. The van der Waals surface area contributed by atoms with Gasteiger partial charge in [0.25, 0.3) is 0 Å². The van der Waals surface area contributed by atoms with Gasteiger partial charge in [0, 0.05) is 22.4 Å². The molecule has 0 atom stereocenters. The van der Waals surface area contributed by atoms with Crippen LogP contribution >= 0.6 is 0 Å². The van der Waals surface area contributed by atoms with Crippen LogP contribution in [0.3, 0.4) is 0 Å². The number of hydrogen-bond acceptors (Lipinski definition) is 4. The fourth-order valence-electron chi connectivity index (χ4n) is 0. The number of rotatable bonds is 0. The summed E-state index contributed by atoms with van der Waals surface area (Å²) < 4.78 is 0. The minimum atomic E-state index is -4.61. The first-order valence-electron chi connectivity index (χ1n) is 0.894. The summed E-state index contributed by atoms with van der Waals surface area (Å²) in [6, 6.07) is 0. The standard InChI is InChI=1S/Au.H4O4Si/c;1-5(2,3)4/h;1-4H. The van der Waals surface area contributed by atoms with Crippen LogP contribution in [-0.4, -0.2) is 28.2 Å². The largest absolute Gasteiger partial charge is 0.668 e. The van der Waals surface area contributed by atoms with E-state index in [4.69, 9.17) is 19.2 Å². The third-order valence-electron chi connectivity index (χ3n) is 0. The second-order valence-corrected chi connectivity index (χ2v) is 1.80. The van der Waals surface area contributed by atoms with Crippen LogP contribution in [0, 0.1) is 0 Å². The molecule has 0 heterocycles. The molecule has 0 aromatic rings. The first kappa shape index (κ1) is 9.93. The molecule has 0 aliphatic carbocycles. The van der Waals surface area contributed by atoms with Gasteiger partial charge in [0.2, 0.25) is 0 Å². The molecule has 0 spiro atoms. The van der Waals surface area contributed by atoms with Crippen molar-refractivity contribution in [3.8, 4) is 0 Å². The number of hydrogen-bond donors (Lipinski definition) is 4. The Kier molecular flexibility index (Phi) is 4.78. The van der Waals surface area contributed by atoms with Crippen LogP contribution in [-0.2, 0) is 22.4 Å². The van der Waals surface area contributed by atoms with E-state index in [1.54, 1.807) is 0 Å². The molecule has 0 amide bonds. The molecule has 0 bridgehead atoms. The average molecular weight is 293 g/mol. The van der Waals surface area contributed by atoms with Crippen molar-refractivity contribution in [1.82, 2.24) is 0 Å². The maximum atomic E-state index is 7.33. The summed E-state index contributed by atoms with van der Waals surface area (Å²) >= 11 is 0. The second kappa shape index (κ2) is 2.89. The molecule has 43 valence electrons. The van der Waals surface area contributed by atoms with Crippen molar-refractivity contribution in [2.75, 3.05) is 0 Å². The van der Waals surface area contributed by atoms with E-state index in [-0.39, 0.29) is 22.4 Å². The molecular formula is H4AuO4Si. The van der Waals surface area contributed by atoms with Crippen LogP contribution in [0.4, 0.5) is 0 Å². The van der Waals surface area contributed by atoms with E-state index in [2.05, 4.69) is 0 Å². The van der Waals surface area contributed by atoms with Crippen molar-refractivity contribution < 1.29 is 41.6 Å². The van der Waals surface area contributed by atoms with Crippen molar-refractivity contribution in [2.24, 2.45) is 0 Å². The molecule has 0 unspecified atom stereocenters. The Balaban J connectivity index is 0. The molecule has 1 radical (unpaired) electrons. The third-order valence-corrected chi connectivity index (χ3v) is 0. The van der Waals surface area contributed by atoms with E-state index in [9.17, 15) is 0 Å². The van der Waals surface area contributed by atoms with Gasteiger partial charge in [-0.05, 0) is 0 Å². The Morgan fingerprint density at radius 1 is 0.833 bits per heavy atom. The Morgan fingerprint density at radius 2 is 0.833 bits per heavy atom. The molecule has 0 aliphatic heterocycles. The van der Waals surface area contributed by atoms with Crippen molar-refractivity contribution in [2.45, 2.75) is 0 Å². The molecule has 0 saturated heterocycles. The molecule has 0 rings (SSSR count). The summed E-state index contributed by atoms with van der Waals surface area (Å²) in [5, 5.41) is 0. The summed E-state index contributed by atoms with van der Waals surface area (Å²) in [6.07, 6.45) is 0. The summed E-state index contributed by atoms with van der Waals surface area (Å²) in [6.45, 7) is 0. The van der Waals surface area contributed by atoms with Gasteiger partial charge in [0.15, 0.2) is 0 Å². The molecule has 0 aliphatic rings.